The lowest BCUT2D eigenvalue weighted by Crippen LogP contribution is -2.16. The number of anilines is 1. The average Bonchev–Trinajstić information content (AvgIpc) is 2.07. The SMILES string of the molecule is CN(C)c1c(F)ccc(F)c1CN. The summed E-state index contributed by atoms with van der Waals surface area (Å²) < 4.78 is 26.3. The Bertz CT molecular complexity index is 311. The van der Waals surface area contributed by atoms with Crippen molar-refractivity contribution in [1.82, 2.24) is 0 Å². The molecule has 0 spiro atoms. The van der Waals surface area contributed by atoms with E-state index in [0.717, 1.165) is 12.1 Å². The third-order valence-corrected chi connectivity index (χ3v) is 1.83. The maximum Gasteiger partial charge on any atom is 0.147 e. The highest BCUT2D eigenvalue weighted by molar-refractivity contribution is 5.54. The normalized spacial score (nSPS) is 10.2. The second kappa shape index (κ2) is 3.70. The fraction of sp³-hybridized carbons (Fsp3) is 0.333. The van der Waals surface area contributed by atoms with E-state index >= 15 is 0 Å². The van der Waals surface area contributed by atoms with E-state index < -0.39 is 11.6 Å². The number of hydrogen-bond acceptors (Lipinski definition) is 2. The van der Waals surface area contributed by atoms with Crippen LogP contribution in [-0.2, 0) is 6.54 Å². The van der Waals surface area contributed by atoms with Crippen LogP contribution in [0.3, 0.4) is 0 Å². The highest BCUT2D eigenvalue weighted by Crippen LogP contribution is 2.24. The molecule has 0 aliphatic rings. The van der Waals surface area contributed by atoms with Crippen LogP contribution in [0, 0.1) is 11.6 Å². The first-order chi connectivity index (χ1) is 6.07. The van der Waals surface area contributed by atoms with Crippen LogP contribution < -0.4 is 10.6 Å². The molecular weight excluding hydrogens is 174 g/mol. The van der Waals surface area contributed by atoms with Gasteiger partial charge in [-0.15, -0.1) is 0 Å². The minimum absolute atomic E-state index is 0.00287. The third kappa shape index (κ3) is 1.78. The van der Waals surface area contributed by atoms with Gasteiger partial charge in [-0.05, 0) is 12.1 Å². The molecule has 0 saturated carbocycles. The Labute approximate surface area is 76.0 Å². The Kier molecular flexibility index (Phi) is 2.83. The summed E-state index contributed by atoms with van der Waals surface area (Å²) in [4.78, 5) is 1.51. The molecule has 1 rings (SSSR count). The molecule has 2 N–H and O–H groups in total. The summed E-state index contributed by atoms with van der Waals surface area (Å²) in [5, 5.41) is 0. The molecule has 0 atom stereocenters. The zero-order valence-corrected chi connectivity index (χ0v) is 7.64. The van der Waals surface area contributed by atoms with Crippen LogP contribution in [0.4, 0.5) is 14.5 Å². The van der Waals surface area contributed by atoms with Crippen molar-refractivity contribution in [3.05, 3.63) is 29.3 Å². The van der Waals surface area contributed by atoms with E-state index in [1.165, 1.54) is 4.90 Å². The number of benzene rings is 1. The number of nitrogens with two attached hydrogens (primary N) is 1. The molecule has 4 heteroatoms. The first kappa shape index (κ1) is 9.92. The van der Waals surface area contributed by atoms with Crippen LogP contribution in [0.15, 0.2) is 12.1 Å². The molecular formula is C9H12F2N2. The van der Waals surface area contributed by atoms with E-state index in [1.807, 2.05) is 0 Å². The van der Waals surface area contributed by atoms with E-state index in [2.05, 4.69) is 0 Å². The average molecular weight is 186 g/mol. The molecule has 0 aliphatic carbocycles. The van der Waals surface area contributed by atoms with Gasteiger partial charge in [-0.1, -0.05) is 0 Å². The van der Waals surface area contributed by atoms with Crippen LogP contribution in [0.5, 0.6) is 0 Å². The highest BCUT2D eigenvalue weighted by Gasteiger charge is 2.13. The Morgan fingerprint density at radius 1 is 1.23 bits per heavy atom. The maximum atomic E-state index is 13.2. The molecule has 2 nitrogen and oxygen atoms in total. The van der Waals surface area contributed by atoms with E-state index in [1.54, 1.807) is 14.1 Å². The molecule has 0 bridgehead atoms. The maximum absolute atomic E-state index is 13.2. The smallest absolute Gasteiger partial charge is 0.147 e. The summed E-state index contributed by atoms with van der Waals surface area (Å²) in [6, 6.07) is 2.19. The van der Waals surface area contributed by atoms with Gasteiger partial charge in [-0.2, -0.15) is 0 Å². The van der Waals surface area contributed by atoms with Crippen LogP contribution >= 0.6 is 0 Å². The topological polar surface area (TPSA) is 29.3 Å². The first-order valence-corrected chi connectivity index (χ1v) is 3.92. The summed E-state index contributed by atoms with van der Waals surface area (Å²) in [5.74, 6) is -0.917. The minimum Gasteiger partial charge on any atom is -0.375 e. The van der Waals surface area contributed by atoms with Gasteiger partial charge in [0.1, 0.15) is 11.6 Å². The first-order valence-electron chi connectivity index (χ1n) is 3.92. The standard InChI is InChI=1S/C9H12F2N2/c1-13(2)9-6(5-12)7(10)3-4-8(9)11/h3-4H,5,12H2,1-2H3. The van der Waals surface area contributed by atoms with Crippen molar-refractivity contribution >= 4 is 5.69 Å². The van der Waals surface area contributed by atoms with Gasteiger partial charge in [-0.3, -0.25) is 0 Å². The van der Waals surface area contributed by atoms with Crippen molar-refractivity contribution in [2.24, 2.45) is 5.73 Å². The summed E-state index contributed by atoms with van der Waals surface area (Å²) in [5.41, 5.74) is 5.76. The lowest BCUT2D eigenvalue weighted by molar-refractivity contribution is 0.585. The number of halogens is 2. The number of rotatable bonds is 2. The molecule has 0 aromatic heterocycles. The largest absolute Gasteiger partial charge is 0.375 e. The zero-order valence-electron chi connectivity index (χ0n) is 7.64. The van der Waals surface area contributed by atoms with Crippen molar-refractivity contribution in [3.63, 3.8) is 0 Å². The van der Waals surface area contributed by atoms with Crippen LogP contribution in [0.25, 0.3) is 0 Å². The van der Waals surface area contributed by atoms with Crippen molar-refractivity contribution in [1.29, 1.82) is 0 Å². The van der Waals surface area contributed by atoms with Gasteiger partial charge < -0.3 is 10.6 Å². The van der Waals surface area contributed by atoms with Crippen LogP contribution in [0.1, 0.15) is 5.56 Å². The predicted octanol–water partition coefficient (Wildman–Crippen LogP) is 1.49. The Morgan fingerprint density at radius 2 is 1.77 bits per heavy atom. The van der Waals surface area contributed by atoms with E-state index in [0.29, 0.717) is 0 Å². The lowest BCUT2D eigenvalue weighted by Gasteiger charge is -2.17. The van der Waals surface area contributed by atoms with Gasteiger partial charge in [0.2, 0.25) is 0 Å². The van der Waals surface area contributed by atoms with Gasteiger partial charge in [-0.25, -0.2) is 8.78 Å². The summed E-state index contributed by atoms with van der Waals surface area (Å²) >= 11 is 0. The van der Waals surface area contributed by atoms with Crippen molar-refractivity contribution in [2.45, 2.75) is 6.54 Å². The van der Waals surface area contributed by atoms with Crippen LogP contribution in [-0.4, -0.2) is 14.1 Å². The molecule has 0 amide bonds. The molecule has 0 aliphatic heterocycles. The molecule has 72 valence electrons. The Morgan fingerprint density at radius 3 is 2.15 bits per heavy atom. The summed E-state index contributed by atoms with van der Waals surface area (Å²) in [7, 11) is 3.30. The van der Waals surface area contributed by atoms with E-state index in [9.17, 15) is 8.78 Å². The summed E-state index contributed by atoms with van der Waals surface area (Å²) in [6.45, 7) is -0.00287. The van der Waals surface area contributed by atoms with Crippen molar-refractivity contribution in [3.8, 4) is 0 Å². The zero-order chi connectivity index (χ0) is 10.0. The molecule has 0 heterocycles. The lowest BCUT2D eigenvalue weighted by atomic mass is 10.1. The van der Waals surface area contributed by atoms with Crippen LogP contribution in [0.2, 0.25) is 0 Å². The molecule has 0 unspecified atom stereocenters. The quantitative estimate of drug-likeness (QED) is 0.758. The Balaban J connectivity index is 3.35. The molecule has 0 fully saturated rings. The van der Waals surface area contributed by atoms with Gasteiger partial charge in [0.15, 0.2) is 0 Å². The molecule has 1 aromatic carbocycles. The fourth-order valence-corrected chi connectivity index (χ4v) is 1.26. The second-order valence-electron chi connectivity index (χ2n) is 2.95. The van der Waals surface area contributed by atoms with Gasteiger partial charge in [0, 0.05) is 26.2 Å². The molecule has 0 radical (unpaired) electrons. The van der Waals surface area contributed by atoms with Gasteiger partial charge >= 0.3 is 0 Å². The molecule has 0 saturated heterocycles. The number of nitrogens with zero attached hydrogens (tertiary/aromatic N) is 1. The second-order valence-corrected chi connectivity index (χ2v) is 2.95. The fourth-order valence-electron chi connectivity index (χ4n) is 1.26. The highest BCUT2D eigenvalue weighted by atomic mass is 19.1. The monoisotopic (exact) mass is 186 g/mol. The molecule has 13 heavy (non-hydrogen) atoms. The van der Waals surface area contributed by atoms with Gasteiger partial charge in [0.25, 0.3) is 0 Å². The van der Waals surface area contributed by atoms with Gasteiger partial charge in [0.05, 0.1) is 5.69 Å². The predicted molar refractivity (Wildman–Crippen MR) is 48.6 cm³/mol. The number of hydrogen-bond donors (Lipinski definition) is 1. The third-order valence-electron chi connectivity index (χ3n) is 1.83. The van der Waals surface area contributed by atoms with E-state index in [-0.39, 0.29) is 17.8 Å². The Hall–Kier alpha value is -1.16. The van der Waals surface area contributed by atoms with Crippen molar-refractivity contribution < 1.29 is 8.78 Å². The minimum atomic E-state index is -0.465. The van der Waals surface area contributed by atoms with Crippen molar-refractivity contribution in [2.75, 3.05) is 19.0 Å². The van der Waals surface area contributed by atoms with E-state index in [4.69, 9.17) is 5.73 Å². The summed E-state index contributed by atoms with van der Waals surface area (Å²) in [6.07, 6.45) is 0. The molecule has 1 aromatic rings.